The molecular formula is C15H20O9. The van der Waals surface area contributed by atoms with Crippen molar-refractivity contribution in [2.75, 3.05) is 13.7 Å². The normalized spacial score (nSPS) is 30.0. The summed E-state index contributed by atoms with van der Waals surface area (Å²) in [7, 11) is 1.32. The zero-order valence-electron chi connectivity index (χ0n) is 13.1. The van der Waals surface area contributed by atoms with E-state index in [0.29, 0.717) is 5.56 Å². The number of aromatic carboxylic acids is 1. The standard InChI is InChI=1S/C15H20O9/c1-6-3-7(14(20)21)4-8(22-2)13(6)24-15-12(19)11(18)10(17)9(5-16)23-15/h3-4,9-12,15-19H,5H2,1-2H3,(H,20,21)/t9-,10-,11+,12-,15+/m1/s1. The van der Waals surface area contributed by atoms with Crippen molar-refractivity contribution in [2.45, 2.75) is 37.6 Å². The first-order chi connectivity index (χ1) is 11.3. The molecule has 5 atom stereocenters. The number of aliphatic hydroxyl groups excluding tert-OH is 4. The third kappa shape index (κ3) is 3.45. The van der Waals surface area contributed by atoms with Crippen LogP contribution >= 0.6 is 0 Å². The fourth-order valence-electron chi connectivity index (χ4n) is 2.45. The minimum atomic E-state index is -1.58. The number of benzene rings is 1. The van der Waals surface area contributed by atoms with E-state index in [1.54, 1.807) is 6.92 Å². The van der Waals surface area contributed by atoms with Crippen molar-refractivity contribution in [1.29, 1.82) is 0 Å². The molecule has 0 radical (unpaired) electrons. The van der Waals surface area contributed by atoms with Gasteiger partial charge >= 0.3 is 5.97 Å². The number of aryl methyl sites for hydroxylation is 1. The van der Waals surface area contributed by atoms with Crippen LogP contribution in [-0.2, 0) is 4.74 Å². The molecule has 0 spiro atoms. The Morgan fingerprint density at radius 2 is 1.88 bits per heavy atom. The fourth-order valence-corrected chi connectivity index (χ4v) is 2.45. The van der Waals surface area contributed by atoms with E-state index in [1.807, 2.05) is 0 Å². The Balaban J connectivity index is 2.31. The molecule has 9 heteroatoms. The van der Waals surface area contributed by atoms with Gasteiger partial charge in [-0.3, -0.25) is 0 Å². The lowest BCUT2D eigenvalue weighted by atomic mass is 9.99. The van der Waals surface area contributed by atoms with E-state index in [1.165, 1.54) is 19.2 Å². The molecule has 1 aliphatic rings. The number of carboxylic acids is 1. The van der Waals surface area contributed by atoms with Crippen molar-refractivity contribution in [2.24, 2.45) is 0 Å². The van der Waals surface area contributed by atoms with Crippen molar-refractivity contribution in [3.63, 3.8) is 0 Å². The van der Waals surface area contributed by atoms with Gasteiger partial charge in [0, 0.05) is 0 Å². The first-order valence-corrected chi connectivity index (χ1v) is 7.19. The second kappa shape index (κ2) is 7.32. The van der Waals surface area contributed by atoms with E-state index >= 15 is 0 Å². The maximum atomic E-state index is 11.1. The monoisotopic (exact) mass is 344 g/mol. The summed E-state index contributed by atoms with van der Waals surface area (Å²) in [4.78, 5) is 11.1. The van der Waals surface area contributed by atoms with Gasteiger partial charge in [-0.05, 0) is 24.6 Å². The Morgan fingerprint density at radius 1 is 1.21 bits per heavy atom. The summed E-state index contributed by atoms with van der Waals surface area (Å²) in [5.41, 5.74) is 0.397. The number of rotatable bonds is 5. The Morgan fingerprint density at radius 3 is 2.42 bits per heavy atom. The van der Waals surface area contributed by atoms with Gasteiger partial charge in [0.1, 0.15) is 24.4 Å². The Bertz CT molecular complexity index is 601. The van der Waals surface area contributed by atoms with Crippen molar-refractivity contribution in [3.8, 4) is 11.5 Å². The van der Waals surface area contributed by atoms with E-state index in [4.69, 9.17) is 19.3 Å². The van der Waals surface area contributed by atoms with Gasteiger partial charge in [0.15, 0.2) is 11.5 Å². The maximum Gasteiger partial charge on any atom is 0.335 e. The summed E-state index contributed by atoms with van der Waals surface area (Å²) in [6.07, 6.45) is -7.15. The highest BCUT2D eigenvalue weighted by molar-refractivity contribution is 5.89. The van der Waals surface area contributed by atoms with Crippen LogP contribution < -0.4 is 9.47 Å². The minimum Gasteiger partial charge on any atom is -0.493 e. The van der Waals surface area contributed by atoms with Gasteiger partial charge in [0.05, 0.1) is 19.3 Å². The second-order valence-electron chi connectivity index (χ2n) is 5.44. The number of hydrogen-bond donors (Lipinski definition) is 5. The summed E-state index contributed by atoms with van der Waals surface area (Å²) in [6.45, 7) is 0.993. The maximum absolute atomic E-state index is 11.1. The average molecular weight is 344 g/mol. The molecule has 0 aliphatic carbocycles. The molecule has 1 heterocycles. The molecule has 134 valence electrons. The van der Waals surface area contributed by atoms with E-state index in [0.717, 1.165) is 0 Å². The van der Waals surface area contributed by atoms with Gasteiger partial charge in [-0.25, -0.2) is 4.79 Å². The molecule has 2 rings (SSSR count). The van der Waals surface area contributed by atoms with E-state index in [9.17, 15) is 25.2 Å². The Hall–Kier alpha value is -1.91. The summed E-state index contributed by atoms with van der Waals surface area (Å²) in [6, 6.07) is 2.60. The van der Waals surface area contributed by atoms with Crippen LogP contribution in [0.1, 0.15) is 15.9 Å². The zero-order chi connectivity index (χ0) is 18.0. The highest BCUT2D eigenvalue weighted by atomic mass is 16.7. The zero-order valence-corrected chi connectivity index (χ0v) is 13.1. The van der Waals surface area contributed by atoms with Crippen LogP contribution in [0.25, 0.3) is 0 Å². The third-order valence-electron chi connectivity index (χ3n) is 3.79. The van der Waals surface area contributed by atoms with Gasteiger partial charge in [0.2, 0.25) is 6.29 Å². The number of carbonyl (C=O) groups is 1. The number of hydrogen-bond acceptors (Lipinski definition) is 8. The first-order valence-electron chi connectivity index (χ1n) is 7.19. The van der Waals surface area contributed by atoms with Gasteiger partial charge in [-0.15, -0.1) is 0 Å². The minimum absolute atomic E-state index is 0.00879. The summed E-state index contributed by atoms with van der Waals surface area (Å²) in [5, 5.41) is 47.8. The Labute approximate surface area is 137 Å². The summed E-state index contributed by atoms with van der Waals surface area (Å²) < 4.78 is 15.9. The molecule has 1 aromatic rings. The number of aliphatic hydroxyl groups is 4. The van der Waals surface area contributed by atoms with Crippen molar-refractivity contribution >= 4 is 5.97 Å². The van der Waals surface area contributed by atoms with Crippen LogP contribution in [0.5, 0.6) is 11.5 Å². The lowest BCUT2D eigenvalue weighted by Gasteiger charge is -2.39. The average Bonchev–Trinajstić information content (AvgIpc) is 2.56. The second-order valence-corrected chi connectivity index (χ2v) is 5.44. The van der Waals surface area contributed by atoms with Crippen LogP contribution in [0, 0.1) is 6.92 Å². The topological polar surface area (TPSA) is 146 Å². The Kier molecular flexibility index (Phi) is 5.62. The van der Waals surface area contributed by atoms with Crippen LogP contribution in [0.4, 0.5) is 0 Å². The molecule has 1 aromatic carbocycles. The molecule has 1 fully saturated rings. The summed E-state index contributed by atoms with van der Waals surface area (Å²) >= 11 is 0. The van der Waals surface area contributed by atoms with Crippen molar-refractivity contribution < 1.29 is 44.5 Å². The molecule has 0 bridgehead atoms. The molecule has 24 heavy (non-hydrogen) atoms. The predicted octanol–water partition coefficient (Wildman–Crippen LogP) is -1.12. The molecule has 0 amide bonds. The molecule has 0 unspecified atom stereocenters. The lowest BCUT2D eigenvalue weighted by molar-refractivity contribution is -0.277. The molecule has 5 N–H and O–H groups in total. The van der Waals surface area contributed by atoms with Crippen molar-refractivity contribution in [1.82, 2.24) is 0 Å². The molecule has 0 saturated carbocycles. The van der Waals surface area contributed by atoms with Crippen LogP contribution in [0.3, 0.4) is 0 Å². The predicted molar refractivity (Wildman–Crippen MR) is 79.1 cm³/mol. The van der Waals surface area contributed by atoms with Gasteiger partial charge in [-0.1, -0.05) is 0 Å². The van der Waals surface area contributed by atoms with Gasteiger partial charge in [-0.2, -0.15) is 0 Å². The van der Waals surface area contributed by atoms with Gasteiger partial charge in [0.25, 0.3) is 0 Å². The molecule has 1 aliphatic heterocycles. The smallest absolute Gasteiger partial charge is 0.335 e. The number of carboxylic acid groups (broad SMARTS) is 1. The van der Waals surface area contributed by atoms with Crippen LogP contribution in [-0.4, -0.2) is 75.9 Å². The number of ether oxygens (including phenoxy) is 3. The van der Waals surface area contributed by atoms with Crippen LogP contribution in [0.2, 0.25) is 0 Å². The highest BCUT2D eigenvalue weighted by Crippen LogP contribution is 2.35. The lowest BCUT2D eigenvalue weighted by Crippen LogP contribution is -2.60. The largest absolute Gasteiger partial charge is 0.493 e. The molecule has 1 saturated heterocycles. The van der Waals surface area contributed by atoms with E-state index in [2.05, 4.69) is 0 Å². The molecule has 9 nitrogen and oxygen atoms in total. The van der Waals surface area contributed by atoms with E-state index in [-0.39, 0.29) is 17.1 Å². The van der Waals surface area contributed by atoms with Gasteiger partial charge < -0.3 is 39.7 Å². The van der Waals surface area contributed by atoms with Crippen LogP contribution in [0.15, 0.2) is 12.1 Å². The summed E-state index contributed by atoms with van der Waals surface area (Å²) in [5.74, 6) is -0.924. The highest BCUT2D eigenvalue weighted by Gasteiger charge is 2.45. The van der Waals surface area contributed by atoms with Crippen molar-refractivity contribution in [3.05, 3.63) is 23.3 Å². The molecular weight excluding hydrogens is 324 g/mol. The third-order valence-corrected chi connectivity index (χ3v) is 3.79. The molecule has 0 aromatic heterocycles. The first kappa shape index (κ1) is 18.4. The quantitative estimate of drug-likeness (QED) is 0.448. The fraction of sp³-hybridized carbons (Fsp3) is 0.533. The SMILES string of the molecule is COc1cc(C(=O)O)cc(C)c1O[C@@H]1O[C@H](CO)[C@@H](O)[C@H](O)[C@H]1O. The van der Waals surface area contributed by atoms with E-state index < -0.39 is 43.3 Å². The number of methoxy groups -OCH3 is 1.